The lowest BCUT2D eigenvalue weighted by atomic mass is 10.2. The Kier molecular flexibility index (Phi) is 3.22. The van der Waals surface area contributed by atoms with E-state index in [4.69, 9.17) is 11.6 Å². The van der Waals surface area contributed by atoms with Crippen molar-refractivity contribution in [3.63, 3.8) is 0 Å². The van der Waals surface area contributed by atoms with Crippen LogP contribution in [0.3, 0.4) is 0 Å². The molecule has 0 aliphatic heterocycles. The van der Waals surface area contributed by atoms with Gasteiger partial charge in [0.15, 0.2) is 0 Å². The lowest BCUT2D eigenvalue weighted by molar-refractivity contribution is 0.840. The molecule has 2 aromatic rings. The number of rotatable bonds is 2. The fraction of sp³-hybridized carbons (Fsp3) is 0.273. The molecule has 0 aliphatic rings. The summed E-state index contributed by atoms with van der Waals surface area (Å²) in [6.07, 6.45) is 1.93. The Labute approximate surface area is 102 Å². The first-order valence-corrected chi connectivity index (χ1v) is 6.00. The number of hydrogen-bond acceptors (Lipinski definition) is 2. The number of hydrogen-bond donors (Lipinski definition) is 0. The zero-order valence-electron chi connectivity index (χ0n) is 8.30. The summed E-state index contributed by atoms with van der Waals surface area (Å²) in [5.74, 6) is 0.860. The smallest absolute Gasteiger partial charge is 0.130 e. The van der Waals surface area contributed by atoms with Crippen LogP contribution in [0.25, 0.3) is 10.9 Å². The first-order chi connectivity index (χ1) is 7.22. The van der Waals surface area contributed by atoms with Crippen LogP contribution in [0.2, 0.25) is 5.02 Å². The van der Waals surface area contributed by atoms with E-state index in [2.05, 4.69) is 32.8 Å². The van der Waals surface area contributed by atoms with Gasteiger partial charge in [-0.05, 0) is 34.5 Å². The molecular weight excluding hydrogens is 275 g/mol. The van der Waals surface area contributed by atoms with Crippen LogP contribution in [-0.4, -0.2) is 9.97 Å². The maximum absolute atomic E-state index is 6.08. The van der Waals surface area contributed by atoms with Gasteiger partial charge in [-0.3, -0.25) is 0 Å². The molecule has 0 unspecified atom stereocenters. The van der Waals surface area contributed by atoms with Gasteiger partial charge in [0.1, 0.15) is 10.4 Å². The highest BCUT2D eigenvalue weighted by Crippen LogP contribution is 2.28. The van der Waals surface area contributed by atoms with Crippen LogP contribution in [0.1, 0.15) is 19.2 Å². The van der Waals surface area contributed by atoms with E-state index >= 15 is 0 Å². The Morgan fingerprint density at radius 3 is 2.87 bits per heavy atom. The minimum Gasteiger partial charge on any atom is -0.233 e. The Balaban J connectivity index is 2.67. The van der Waals surface area contributed by atoms with Gasteiger partial charge in [0.2, 0.25) is 0 Å². The molecule has 15 heavy (non-hydrogen) atoms. The van der Waals surface area contributed by atoms with E-state index in [1.54, 1.807) is 0 Å². The number of nitrogens with zero attached hydrogens (tertiary/aromatic N) is 2. The Bertz CT molecular complexity index is 499. The van der Waals surface area contributed by atoms with Crippen LogP contribution < -0.4 is 0 Å². The zero-order chi connectivity index (χ0) is 10.8. The van der Waals surface area contributed by atoms with Gasteiger partial charge in [-0.15, -0.1) is 0 Å². The van der Waals surface area contributed by atoms with Crippen molar-refractivity contribution in [1.29, 1.82) is 0 Å². The number of aromatic nitrogens is 2. The summed E-state index contributed by atoms with van der Waals surface area (Å²) in [5.41, 5.74) is 0.896. The van der Waals surface area contributed by atoms with E-state index in [0.717, 1.165) is 34.2 Å². The minimum absolute atomic E-state index is 0.683. The molecule has 0 fully saturated rings. The molecule has 0 saturated carbocycles. The number of benzene rings is 1. The van der Waals surface area contributed by atoms with Crippen molar-refractivity contribution in [1.82, 2.24) is 9.97 Å². The molecule has 0 spiro atoms. The normalized spacial score (nSPS) is 10.9. The number of aryl methyl sites for hydroxylation is 1. The van der Waals surface area contributed by atoms with E-state index in [-0.39, 0.29) is 0 Å². The van der Waals surface area contributed by atoms with Crippen LogP contribution in [0.5, 0.6) is 0 Å². The quantitative estimate of drug-likeness (QED) is 0.780. The van der Waals surface area contributed by atoms with Crippen LogP contribution in [-0.2, 0) is 6.42 Å². The van der Waals surface area contributed by atoms with Crippen LogP contribution >= 0.6 is 27.5 Å². The van der Waals surface area contributed by atoms with Crippen molar-refractivity contribution in [2.45, 2.75) is 19.8 Å². The Hall–Kier alpha value is -0.670. The molecule has 1 aromatic carbocycles. The second kappa shape index (κ2) is 4.45. The number of halogens is 2. The molecule has 0 radical (unpaired) electrons. The molecular formula is C11H10BrClN2. The first-order valence-electron chi connectivity index (χ1n) is 4.83. The Morgan fingerprint density at radius 2 is 2.13 bits per heavy atom. The average molecular weight is 286 g/mol. The highest BCUT2D eigenvalue weighted by atomic mass is 79.9. The molecule has 1 heterocycles. The summed E-state index contributed by atoms with van der Waals surface area (Å²) < 4.78 is 0.779. The van der Waals surface area contributed by atoms with Crippen LogP contribution in [0, 0.1) is 0 Å². The highest BCUT2D eigenvalue weighted by Gasteiger charge is 2.07. The lowest BCUT2D eigenvalue weighted by Gasteiger charge is -2.04. The summed E-state index contributed by atoms with van der Waals surface area (Å²) in [5, 5.41) is 1.57. The third-order valence-electron chi connectivity index (χ3n) is 2.15. The Morgan fingerprint density at radius 1 is 1.33 bits per heavy atom. The van der Waals surface area contributed by atoms with Crippen LogP contribution in [0.15, 0.2) is 22.8 Å². The highest BCUT2D eigenvalue weighted by molar-refractivity contribution is 9.10. The topological polar surface area (TPSA) is 25.8 Å². The minimum atomic E-state index is 0.683. The van der Waals surface area contributed by atoms with Gasteiger partial charge in [-0.1, -0.05) is 24.6 Å². The van der Waals surface area contributed by atoms with Crippen molar-refractivity contribution in [3.05, 3.63) is 33.6 Å². The number of fused-ring (bicyclic) bond motifs is 1. The summed E-state index contributed by atoms with van der Waals surface area (Å²) in [6.45, 7) is 2.11. The standard InChI is InChI=1S/C11H10BrClN2/c1-2-4-9-14-8-6-3-5-7(13)10(8)11(12)15-9/h3,5-6H,2,4H2,1H3. The van der Waals surface area contributed by atoms with Gasteiger partial charge in [-0.2, -0.15) is 0 Å². The largest absolute Gasteiger partial charge is 0.233 e. The van der Waals surface area contributed by atoms with Crippen molar-refractivity contribution in [2.75, 3.05) is 0 Å². The van der Waals surface area contributed by atoms with E-state index in [9.17, 15) is 0 Å². The lowest BCUT2D eigenvalue weighted by Crippen LogP contribution is -1.96. The molecule has 0 aliphatic carbocycles. The predicted octanol–water partition coefficient (Wildman–Crippen LogP) is 4.00. The molecule has 0 amide bonds. The van der Waals surface area contributed by atoms with Gasteiger partial charge < -0.3 is 0 Å². The molecule has 2 nitrogen and oxygen atoms in total. The molecule has 2 rings (SSSR count). The van der Waals surface area contributed by atoms with Gasteiger partial charge in [-0.25, -0.2) is 9.97 Å². The van der Waals surface area contributed by atoms with E-state index in [0.29, 0.717) is 5.02 Å². The summed E-state index contributed by atoms with van der Waals surface area (Å²) in [7, 11) is 0. The van der Waals surface area contributed by atoms with Gasteiger partial charge >= 0.3 is 0 Å². The second-order valence-corrected chi connectivity index (χ2v) is 4.47. The van der Waals surface area contributed by atoms with Crippen molar-refractivity contribution in [3.8, 4) is 0 Å². The summed E-state index contributed by atoms with van der Waals surface area (Å²) in [6, 6.07) is 5.70. The molecule has 0 atom stereocenters. The first kappa shape index (κ1) is 10.8. The fourth-order valence-corrected chi connectivity index (χ4v) is 2.47. The maximum atomic E-state index is 6.08. The van der Waals surface area contributed by atoms with Gasteiger partial charge in [0.25, 0.3) is 0 Å². The maximum Gasteiger partial charge on any atom is 0.130 e. The van der Waals surface area contributed by atoms with Gasteiger partial charge in [0, 0.05) is 6.42 Å². The zero-order valence-corrected chi connectivity index (χ0v) is 10.6. The van der Waals surface area contributed by atoms with Gasteiger partial charge in [0.05, 0.1) is 15.9 Å². The third-order valence-corrected chi connectivity index (χ3v) is 3.04. The van der Waals surface area contributed by atoms with E-state index in [1.807, 2.05) is 18.2 Å². The molecule has 78 valence electrons. The van der Waals surface area contributed by atoms with Crippen molar-refractivity contribution < 1.29 is 0 Å². The predicted molar refractivity (Wildman–Crippen MR) is 66.2 cm³/mol. The van der Waals surface area contributed by atoms with E-state index < -0.39 is 0 Å². The molecule has 0 saturated heterocycles. The SMILES string of the molecule is CCCc1nc(Br)c2c(Cl)cccc2n1. The second-order valence-electron chi connectivity index (χ2n) is 3.31. The fourth-order valence-electron chi connectivity index (χ4n) is 1.48. The summed E-state index contributed by atoms with van der Waals surface area (Å²) >= 11 is 9.51. The molecule has 0 bridgehead atoms. The van der Waals surface area contributed by atoms with E-state index in [1.165, 1.54) is 0 Å². The summed E-state index contributed by atoms with van der Waals surface area (Å²) in [4.78, 5) is 8.83. The van der Waals surface area contributed by atoms with Crippen molar-refractivity contribution in [2.24, 2.45) is 0 Å². The molecule has 4 heteroatoms. The monoisotopic (exact) mass is 284 g/mol. The third kappa shape index (κ3) is 2.13. The molecule has 0 N–H and O–H groups in total. The van der Waals surface area contributed by atoms with Crippen LogP contribution in [0.4, 0.5) is 0 Å². The average Bonchev–Trinajstić information content (AvgIpc) is 2.17. The van der Waals surface area contributed by atoms with Crippen molar-refractivity contribution >= 4 is 38.4 Å². The molecule has 1 aromatic heterocycles.